The molecule has 0 aliphatic carbocycles. The van der Waals surface area contributed by atoms with Crippen molar-refractivity contribution in [1.29, 1.82) is 0 Å². The van der Waals surface area contributed by atoms with E-state index < -0.39 is 0 Å². The Balaban J connectivity index is 1.85. The highest BCUT2D eigenvalue weighted by molar-refractivity contribution is 9.10. The van der Waals surface area contributed by atoms with E-state index in [1.807, 2.05) is 11.8 Å². The Hall–Kier alpha value is -1.14. The van der Waals surface area contributed by atoms with Gasteiger partial charge in [-0.1, -0.05) is 0 Å². The summed E-state index contributed by atoms with van der Waals surface area (Å²) in [6, 6.07) is 2.10. The van der Waals surface area contributed by atoms with Crippen LogP contribution in [0.4, 0.5) is 0 Å². The predicted octanol–water partition coefficient (Wildman–Crippen LogP) is 2.74. The lowest BCUT2D eigenvalue weighted by atomic mass is 10.1. The summed E-state index contributed by atoms with van der Waals surface area (Å²) < 4.78 is 0.767. The van der Waals surface area contributed by atoms with Gasteiger partial charge in [0.1, 0.15) is 0 Å². The molecule has 0 spiro atoms. The van der Waals surface area contributed by atoms with Crippen molar-refractivity contribution in [3.05, 3.63) is 37.7 Å². The van der Waals surface area contributed by atoms with Crippen molar-refractivity contribution in [1.82, 2.24) is 15.1 Å². The van der Waals surface area contributed by atoms with Gasteiger partial charge in [-0.15, -0.1) is 11.3 Å². The highest BCUT2D eigenvalue weighted by Crippen LogP contribution is 2.26. The smallest absolute Gasteiger partial charge is 0.275 e. The quantitative estimate of drug-likeness (QED) is 0.876. The van der Waals surface area contributed by atoms with Gasteiger partial charge < -0.3 is 4.90 Å². The van der Waals surface area contributed by atoms with Gasteiger partial charge in [-0.05, 0) is 46.3 Å². The molecular formula is C12H12BrN3OS. The van der Waals surface area contributed by atoms with Crippen LogP contribution in [-0.4, -0.2) is 27.5 Å². The summed E-state index contributed by atoms with van der Waals surface area (Å²) in [6.07, 6.45) is 0.944. The van der Waals surface area contributed by atoms with E-state index in [9.17, 15) is 4.79 Å². The Labute approximate surface area is 117 Å². The Morgan fingerprint density at radius 1 is 1.61 bits per heavy atom. The first-order valence-electron chi connectivity index (χ1n) is 5.72. The first-order chi connectivity index (χ1) is 8.66. The van der Waals surface area contributed by atoms with E-state index in [1.54, 1.807) is 11.3 Å². The number of aromatic amines is 1. The van der Waals surface area contributed by atoms with Gasteiger partial charge in [0.15, 0.2) is 5.69 Å². The molecule has 0 fully saturated rings. The Kier molecular flexibility index (Phi) is 2.99. The molecule has 1 aliphatic rings. The first-order valence-corrected chi connectivity index (χ1v) is 7.39. The molecule has 0 bridgehead atoms. The monoisotopic (exact) mass is 325 g/mol. The van der Waals surface area contributed by atoms with Crippen LogP contribution >= 0.6 is 27.3 Å². The second-order valence-corrected chi connectivity index (χ2v) is 6.15. The minimum atomic E-state index is -0.0110. The topological polar surface area (TPSA) is 49.0 Å². The third-order valence-electron chi connectivity index (χ3n) is 3.17. The summed E-state index contributed by atoms with van der Waals surface area (Å²) in [5.74, 6) is -0.0110. The molecule has 1 amide bonds. The van der Waals surface area contributed by atoms with Gasteiger partial charge in [0.25, 0.3) is 5.91 Å². The van der Waals surface area contributed by atoms with Gasteiger partial charge in [-0.25, -0.2) is 0 Å². The van der Waals surface area contributed by atoms with Crippen LogP contribution in [0.15, 0.2) is 15.9 Å². The molecule has 2 aromatic heterocycles. The van der Waals surface area contributed by atoms with Crippen LogP contribution in [0.1, 0.15) is 26.6 Å². The zero-order valence-electron chi connectivity index (χ0n) is 9.86. The number of fused-ring (bicyclic) bond motifs is 1. The van der Waals surface area contributed by atoms with Gasteiger partial charge in [-0.3, -0.25) is 9.89 Å². The van der Waals surface area contributed by atoms with Gasteiger partial charge in [-0.2, -0.15) is 5.10 Å². The Bertz CT molecular complexity index is 604. The second kappa shape index (κ2) is 4.51. The van der Waals surface area contributed by atoms with E-state index in [0.29, 0.717) is 12.2 Å². The molecule has 94 valence electrons. The maximum absolute atomic E-state index is 12.4. The van der Waals surface area contributed by atoms with Crippen LogP contribution in [0.2, 0.25) is 0 Å². The number of rotatable bonds is 1. The molecule has 0 aromatic carbocycles. The summed E-state index contributed by atoms with van der Waals surface area (Å²) >= 11 is 5.18. The number of hydrogen-bond donors (Lipinski definition) is 1. The fraction of sp³-hybridized carbons (Fsp3) is 0.333. The number of H-pyrrole nitrogens is 1. The number of aryl methyl sites for hydroxylation is 1. The van der Waals surface area contributed by atoms with Gasteiger partial charge in [0.05, 0.1) is 4.47 Å². The third-order valence-corrected chi connectivity index (χ3v) is 5.16. The van der Waals surface area contributed by atoms with E-state index in [4.69, 9.17) is 0 Å². The average molecular weight is 326 g/mol. The molecule has 18 heavy (non-hydrogen) atoms. The summed E-state index contributed by atoms with van der Waals surface area (Å²) in [5, 5.41) is 8.99. The number of hydrogen-bond acceptors (Lipinski definition) is 3. The molecule has 0 saturated heterocycles. The van der Waals surface area contributed by atoms with E-state index in [-0.39, 0.29) is 5.91 Å². The summed E-state index contributed by atoms with van der Waals surface area (Å²) in [6.45, 7) is 3.35. The third kappa shape index (κ3) is 1.89. The molecule has 6 heteroatoms. The normalized spacial score (nSPS) is 14.7. The molecule has 3 heterocycles. The Morgan fingerprint density at radius 2 is 2.44 bits per heavy atom. The highest BCUT2D eigenvalue weighted by Gasteiger charge is 2.26. The second-order valence-electron chi connectivity index (χ2n) is 4.36. The molecule has 1 aliphatic heterocycles. The number of amides is 1. The highest BCUT2D eigenvalue weighted by atomic mass is 79.9. The molecule has 4 nitrogen and oxygen atoms in total. The fourth-order valence-electron chi connectivity index (χ4n) is 2.13. The van der Waals surface area contributed by atoms with Crippen LogP contribution in [0, 0.1) is 6.92 Å². The van der Waals surface area contributed by atoms with Gasteiger partial charge in [0, 0.05) is 23.7 Å². The van der Waals surface area contributed by atoms with Gasteiger partial charge in [0.2, 0.25) is 0 Å². The van der Waals surface area contributed by atoms with E-state index in [1.165, 1.54) is 10.4 Å². The van der Waals surface area contributed by atoms with Crippen molar-refractivity contribution in [3.8, 4) is 0 Å². The first kappa shape index (κ1) is 11.9. The lowest BCUT2D eigenvalue weighted by molar-refractivity contribution is 0.0729. The number of carbonyl (C=O) groups excluding carboxylic acids is 1. The van der Waals surface area contributed by atoms with Crippen LogP contribution in [0.25, 0.3) is 0 Å². The number of halogens is 1. The average Bonchev–Trinajstić information content (AvgIpc) is 2.96. The maximum Gasteiger partial charge on any atom is 0.275 e. The SMILES string of the molecule is Cc1[nH]nc(C(=O)N2CCc3sccc3C2)c1Br. The largest absolute Gasteiger partial charge is 0.332 e. The van der Waals surface area contributed by atoms with Crippen molar-refractivity contribution in [2.24, 2.45) is 0 Å². The van der Waals surface area contributed by atoms with Crippen molar-refractivity contribution in [3.63, 3.8) is 0 Å². The number of aromatic nitrogens is 2. The van der Waals surface area contributed by atoms with Crippen LogP contribution in [0.5, 0.6) is 0 Å². The van der Waals surface area contributed by atoms with Crippen molar-refractivity contribution < 1.29 is 4.79 Å². The molecule has 1 N–H and O–H groups in total. The summed E-state index contributed by atoms with van der Waals surface area (Å²) in [7, 11) is 0. The Morgan fingerprint density at radius 3 is 3.17 bits per heavy atom. The summed E-state index contributed by atoms with van der Waals surface area (Å²) in [5.41, 5.74) is 2.63. The number of nitrogens with zero attached hydrogens (tertiary/aromatic N) is 2. The maximum atomic E-state index is 12.4. The molecule has 3 rings (SSSR count). The lowest BCUT2D eigenvalue weighted by Gasteiger charge is -2.26. The van der Waals surface area contributed by atoms with Crippen molar-refractivity contribution >= 4 is 33.2 Å². The van der Waals surface area contributed by atoms with E-state index in [0.717, 1.165) is 23.1 Å². The van der Waals surface area contributed by atoms with Gasteiger partial charge >= 0.3 is 0 Å². The molecular weight excluding hydrogens is 314 g/mol. The molecule has 2 aromatic rings. The lowest BCUT2D eigenvalue weighted by Crippen LogP contribution is -2.35. The fourth-order valence-corrected chi connectivity index (χ4v) is 3.37. The minimum Gasteiger partial charge on any atom is -0.332 e. The molecule has 0 unspecified atom stereocenters. The predicted molar refractivity (Wildman–Crippen MR) is 73.8 cm³/mol. The standard InChI is InChI=1S/C12H12BrN3OS/c1-7-10(13)11(15-14-7)12(17)16-4-2-9-8(6-16)3-5-18-9/h3,5H,2,4,6H2,1H3,(H,14,15). The van der Waals surface area contributed by atoms with E-state index in [2.05, 4.69) is 37.6 Å². The number of nitrogens with one attached hydrogen (secondary N) is 1. The van der Waals surface area contributed by atoms with Crippen molar-refractivity contribution in [2.75, 3.05) is 6.54 Å². The zero-order chi connectivity index (χ0) is 12.7. The van der Waals surface area contributed by atoms with Crippen molar-refractivity contribution in [2.45, 2.75) is 19.9 Å². The number of thiophene rings is 1. The molecule has 0 atom stereocenters. The van der Waals surface area contributed by atoms with Crippen LogP contribution < -0.4 is 0 Å². The van der Waals surface area contributed by atoms with Crippen LogP contribution in [0.3, 0.4) is 0 Å². The van der Waals surface area contributed by atoms with E-state index >= 15 is 0 Å². The number of carbonyl (C=O) groups is 1. The zero-order valence-corrected chi connectivity index (χ0v) is 12.3. The minimum absolute atomic E-state index is 0.0110. The van der Waals surface area contributed by atoms with Crippen LogP contribution in [-0.2, 0) is 13.0 Å². The molecule has 0 radical (unpaired) electrons. The summed E-state index contributed by atoms with van der Waals surface area (Å²) in [4.78, 5) is 15.6. The molecule has 0 saturated carbocycles.